The molecule has 0 saturated carbocycles. The fourth-order valence-corrected chi connectivity index (χ4v) is 0.517. The lowest BCUT2D eigenvalue weighted by atomic mass is 11.6. The number of hydrogen-bond acceptors (Lipinski definition) is 2. The van der Waals surface area contributed by atoms with Crippen molar-refractivity contribution in [2.75, 3.05) is 6.79 Å². The number of halogens is 1. The van der Waals surface area contributed by atoms with Gasteiger partial charge in [0, 0.05) is 0 Å². The van der Waals surface area contributed by atoms with Gasteiger partial charge in [-0.25, -0.2) is 0 Å². The molecule has 0 amide bonds. The van der Waals surface area contributed by atoms with Gasteiger partial charge >= 0.3 is 0 Å². The summed E-state index contributed by atoms with van der Waals surface area (Å²) in [6, 6.07) is 0. The first-order chi connectivity index (χ1) is 2.39. The molecule has 0 aromatic carbocycles. The van der Waals surface area contributed by atoms with Gasteiger partial charge in [-0.1, -0.05) is 0 Å². The molecular weight excluding hydrogens is 110 g/mol. The third kappa shape index (κ3) is 0.733. The van der Waals surface area contributed by atoms with E-state index in [4.69, 9.17) is 11.2 Å². The highest BCUT2D eigenvalue weighted by Gasteiger charge is 2.14. The average Bonchev–Trinajstić information content (AvgIpc) is 1.30. The van der Waals surface area contributed by atoms with E-state index in [1.165, 1.54) is 0 Å². The first-order valence-electron chi connectivity index (χ1n) is 1.11. The summed E-state index contributed by atoms with van der Waals surface area (Å²) in [7, 11) is -0.945. The van der Waals surface area contributed by atoms with Crippen LogP contribution in [0.3, 0.4) is 0 Å². The molecule has 1 saturated heterocycles. The molecule has 0 unspecified atom stereocenters. The summed E-state index contributed by atoms with van der Waals surface area (Å²) in [4.78, 5) is 0. The number of rotatable bonds is 0. The van der Waals surface area contributed by atoms with Crippen molar-refractivity contribution in [1.82, 2.24) is 0 Å². The first-order valence-corrected chi connectivity index (χ1v) is 3.19. The summed E-state index contributed by atoms with van der Waals surface area (Å²) in [6.07, 6.45) is 0. The first kappa shape index (κ1) is 3.82. The zero-order valence-corrected chi connectivity index (χ0v) is 4.00. The van der Waals surface area contributed by atoms with E-state index >= 15 is 0 Å². The van der Waals surface area contributed by atoms with Crippen molar-refractivity contribution in [2.24, 2.45) is 0 Å². The van der Waals surface area contributed by atoms with Gasteiger partial charge in [0.2, 0.25) is 0 Å². The van der Waals surface area contributed by atoms with Gasteiger partial charge in [0.05, 0.1) is 0 Å². The maximum absolute atomic E-state index is 5.17. The van der Waals surface area contributed by atoms with Crippen molar-refractivity contribution in [2.45, 2.75) is 0 Å². The Morgan fingerprint density at radius 2 is 2.00 bits per heavy atom. The molecule has 0 spiro atoms. The fourth-order valence-electron chi connectivity index (χ4n) is 0.0925. The monoisotopic (exact) mass is 112 g/mol. The fraction of sp³-hybridized carbons (Fsp3) is 1.00. The highest BCUT2D eigenvalue weighted by Crippen LogP contribution is 2.50. The molecule has 0 bridgehead atoms. The molecule has 0 aromatic heterocycles. The Morgan fingerprint density at radius 3 is 2.00 bits per heavy atom. The predicted molar refractivity (Wildman–Crippen MR) is 19.8 cm³/mol. The van der Waals surface area contributed by atoms with Gasteiger partial charge in [-0.3, -0.25) is 9.05 Å². The molecule has 1 rings (SSSR count). The standard InChI is InChI=1S/CH2ClO2P/c2-5-3-1-4-5/h1H2. The van der Waals surface area contributed by atoms with E-state index < -0.39 is 7.73 Å². The predicted octanol–water partition coefficient (Wildman–Crippen LogP) is 1.46. The second-order valence-electron chi connectivity index (χ2n) is 0.589. The zero-order valence-electron chi connectivity index (χ0n) is 2.35. The van der Waals surface area contributed by atoms with Gasteiger partial charge in [0.15, 0.2) is 6.79 Å². The van der Waals surface area contributed by atoms with Crippen LogP contribution >= 0.6 is 19.0 Å². The van der Waals surface area contributed by atoms with Crippen LogP contribution in [0.4, 0.5) is 0 Å². The third-order valence-electron chi connectivity index (χ3n) is 0.308. The summed E-state index contributed by atoms with van der Waals surface area (Å²) < 4.78 is 9.08. The summed E-state index contributed by atoms with van der Waals surface area (Å²) in [5.41, 5.74) is 0. The molecule has 30 valence electrons. The van der Waals surface area contributed by atoms with E-state index in [0.717, 1.165) is 0 Å². The van der Waals surface area contributed by atoms with Crippen LogP contribution < -0.4 is 0 Å². The van der Waals surface area contributed by atoms with E-state index in [9.17, 15) is 0 Å². The van der Waals surface area contributed by atoms with Crippen molar-refractivity contribution in [1.29, 1.82) is 0 Å². The molecule has 1 fully saturated rings. The molecule has 4 heteroatoms. The highest BCUT2D eigenvalue weighted by molar-refractivity contribution is 7.76. The van der Waals surface area contributed by atoms with Gasteiger partial charge in [-0.05, 0) is 11.2 Å². The normalized spacial score (nSPS) is 25.8. The minimum atomic E-state index is -0.945. The quantitative estimate of drug-likeness (QED) is 0.442. The SMILES string of the molecule is ClP1OCO1. The molecule has 0 radical (unpaired) electrons. The van der Waals surface area contributed by atoms with Crippen LogP contribution in [0, 0.1) is 0 Å². The molecule has 1 aliphatic heterocycles. The largest absolute Gasteiger partial charge is 0.294 e. The van der Waals surface area contributed by atoms with E-state index in [1.807, 2.05) is 0 Å². The topological polar surface area (TPSA) is 18.5 Å². The van der Waals surface area contributed by atoms with Gasteiger partial charge in [-0.15, -0.1) is 0 Å². The Balaban J connectivity index is 2.08. The minimum absolute atomic E-state index is 0.384. The Bertz CT molecular complexity index is 36.6. The van der Waals surface area contributed by atoms with Crippen LogP contribution in [0.5, 0.6) is 0 Å². The summed E-state index contributed by atoms with van der Waals surface area (Å²) in [6.45, 7) is 0.384. The molecule has 0 aliphatic carbocycles. The van der Waals surface area contributed by atoms with Crippen molar-refractivity contribution < 1.29 is 9.05 Å². The van der Waals surface area contributed by atoms with Crippen LogP contribution in [-0.4, -0.2) is 6.79 Å². The van der Waals surface area contributed by atoms with E-state index in [0.29, 0.717) is 6.79 Å². The maximum Gasteiger partial charge on any atom is 0.281 e. The van der Waals surface area contributed by atoms with E-state index in [2.05, 4.69) is 9.05 Å². The molecule has 0 N–H and O–H groups in total. The summed E-state index contributed by atoms with van der Waals surface area (Å²) in [5.74, 6) is 0. The van der Waals surface area contributed by atoms with Gasteiger partial charge < -0.3 is 0 Å². The molecular formula is CH2ClO2P. The zero-order chi connectivity index (χ0) is 3.70. The van der Waals surface area contributed by atoms with Crippen LogP contribution in [0.25, 0.3) is 0 Å². The average molecular weight is 112 g/mol. The maximum atomic E-state index is 5.17. The van der Waals surface area contributed by atoms with Crippen molar-refractivity contribution >= 4 is 19.0 Å². The highest BCUT2D eigenvalue weighted by atomic mass is 35.7. The van der Waals surface area contributed by atoms with Crippen molar-refractivity contribution in [3.05, 3.63) is 0 Å². The van der Waals surface area contributed by atoms with Crippen molar-refractivity contribution in [3.8, 4) is 0 Å². The van der Waals surface area contributed by atoms with Crippen LogP contribution in [0.2, 0.25) is 0 Å². The second kappa shape index (κ2) is 1.39. The molecule has 0 aromatic rings. The van der Waals surface area contributed by atoms with E-state index in [1.54, 1.807) is 0 Å². The number of hydrogen-bond donors (Lipinski definition) is 0. The van der Waals surface area contributed by atoms with Crippen LogP contribution in [-0.2, 0) is 9.05 Å². The molecule has 1 aliphatic rings. The van der Waals surface area contributed by atoms with Crippen molar-refractivity contribution in [3.63, 3.8) is 0 Å². The van der Waals surface area contributed by atoms with E-state index in [-0.39, 0.29) is 0 Å². The Labute approximate surface area is 35.7 Å². The second-order valence-corrected chi connectivity index (χ2v) is 2.36. The smallest absolute Gasteiger partial charge is 0.281 e. The van der Waals surface area contributed by atoms with Gasteiger partial charge in [0.25, 0.3) is 7.73 Å². The lowest BCUT2D eigenvalue weighted by Crippen LogP contribution is -1.99. The molecule has 1 heterocycles. The Kier molecular flexibility index (Phi) is 1.06. The van der Waals surface area contributed by atoms with Crippen LogP contribution in [0.15, 0.2) is 0 Å². The molecule has 5 heavy (non-hydrogen) atoms. The van der Waals surface area contributed by atoms with Crippen LogP contribution in [0.1, 0.15) is 0 Å². The lowest BCUT2D eigenvalue weighted by molar-refractivity contribution is 0.0483. The molecule has 2 nitrogen and oxygen atoms in total. The lowest BCUT2D eigenvalue weighted by Gasteiger charge is -2.16. The minimum Gasteiger partial charge on any atom is -0.294 e. The third-order valence-corrected chi connectivity index (χ3v) is 1.51. The van der Waals surface area contributed by atoms with Gasteiger partial charge in [0.1, 0.15) is 0 Å². The molecule has 0 atom stereocenters. The van der Waals surface area contributed by atoms with Gasteiger partial charge in [-0.2, -0.15) is 0 Å². The summed E-state index contributed by atoms with van der Waals surface area (Å²) in [5, 5.41) is 0. The Morgan fingerprint density at radius 1 is 1.60 bits per heavy atom. The summed E-state index contributed by atoms with van der Waals surface area (Å²) >= 11 is 5.17. The Hall–Kier alpha value is 0.640.